The van der Waals surface area contributed by atoms with Crippen molar-refractivity contribution in [1.29, 1.82) is 0 Å². The topological polar surface area (TPSA) is 29.5 Å². The molecule has 0 N–H and O–H groups in total. The second-order valence-electron chi connectivity index (χ2n) is 6.32. The van der Waals surface area contributed by atoms with E-state index in [1.807, 2.05) is 36.4 Å². The molecule has 0 unspecified atom stereocenters. The van der Waals surface area contributed by atoms with E-state index in [0.29, 0.717) is 0 Å². The van der Waals surface area contributed by atoms with Crippen LogP contribution in [-0.2, 0) is 15.1 Å². The first-order chi connectivity index (χ1) is 11.1. The van der Waals surface area contributed by atoms with Gasteiger partial charge in [-0.25, -0.2) is 0 Å². The fourth-order valence-corrected chi connectivity index (χ4v) is 3.64. The molecule has 1 heterocycles. The molecule has 2 aromatic rings. The minimum Gasteiger partial charge on any atom is -0.454 e. The van der Waals surface area contributed by atoms with E-state index in [1.54, 1.807) is 0 Å². The number of likely N-dealkylation sites (N-methyl/N-ethyl adjacent to an activating group) is 1. The summed E-state index contributed by atoms with van der Waals surface area (Å²) >= 11 is 0. The van der Waals surface area contributed by atoms with Gasteiger partial charge in [0.05, 0.1) is 0 Å². The van der Waals surface area contributed by atoms with Crippen LogP contribution in [0.15, 0.2) is 60.7 Å². The Morgan fingerprint density at radius 3 is 2.30 bits per heavy atom. The number of ether oxygens (including phenoxy) is 1. The first-order valence-electron chi connectivity index (χ1n) is 8.10. The van der Waals surface area contributed by atoms with Crippen LogP contribution in [0.4, 0.5) is 0 Å². The van der Waals surface area contributed by atoms with Gasteiger partial charge in [-0.3, -0.25) is 4.79 Å². The van der Waals surface area contributed by atoms with Crippen molar-refractivity contribution >= 4 is 5.97 Å². The van der Waals surface area contributed by atoms with Crippen LogP contribution in [0, 0.1) is 0 Å². The number of rotatable bonds is 3. The van der Waals surface area contributed by atoms with E-state index in [0.717, 1.165) is 25.1 Å². The van der Waals surface area contributed by atoms with Crippen molar-refractivity contribution in [3.63, 3.8) is 0 Å². The fourth-order valence-electron chi connectivity index (χ4n) is 3.64. The number of hydrogen-bond donors (Lipinski definition) is 0. The smallest absolute Gasteiger partial charge is 0.303 e. The standard InChI is InChI=1S/C20H23NO2/c1-16(22)23-20(18-11-7-4-8-12-18)13-14-21(2)15-19(20)17-9-5-3-6-10-17/h3-12,19H,13-15H2,1-2H3/t19-,20-/m1/s1. The van der Waals surface area contributed by atoms with E-state index in [-0.39, 0.29) is 11.9 Å². The molecule has 1 fully saturated rings. The highest BCUT2D eigenvalue weighted by Crippen LogP contribution is 2.46. The van der Waals surface area contributed by atoms with Crippen LogP contribution in [0.2, 0.25) is 0 Å². The summed E-state index contributed by atoms with van der Waals surface area (Å²) in [5, 5.41) is 0. The van der Waals surface area contributed by atoms with Crippen molar-refractivity contribution in [2.45, 2.75) is 24.9 Å². The number of likely N-dealkylation sites (tertiary alicyclic amines) is 1. The number of nitrogens with zero attached hydrogens (tertiary/aromatic N) is 1. The molecule has 0 aliphatic carbocycles. The van der Waals surface area contributed by atoms with Crippen LogP contribution in [0.5, 0.6) is 0 Å². The number of hydrogen-bond acceptors (Lipinski definition) is 3. The molecule has 1 aliphatic heterocycles. The molecular formula is C20H23NO2. The molecule has 3 heteroatoms. The van der Waals surface area contributed by atoms with E-state index >= 15 is 0 Å². The zero-order valence-electron chi connectivity index (χ0n) is 13.7. The fraction of sp³-hybridized carbons (Fsp3) is 0.350. The van der Waals surface area contributed by atoms with Gasteiger partial charge >= 0.3 is 5.97 Å². The molecule has 0 amide bonds. The van der Waals surface area contributed by atoms with E-state index in [9.17, 15) is 4.79 Å². The van der Waals surface area contributed by atoms with Crippen molar-refractivity contribution in [3.8, 4) is 0 Å². The Morgan fingerprint density at radius 2 is 1.70 bits per heavy atom. The summed E-state index contributed by atoms with van der Waals surface area (Å²) in [5.74, 6) is -0.104. The number of carbonyl (C=O) groups excluding carboxylic acids is 1. The summed E-state index contributed by atoms with van der Waals surface area (Å²) in [6, 6.07) is 20.6. The Hall–Kier alpha value is -2.13. The van der Waals surface area contributed by atoms with E-state index in [4.69, 9.17) is 4.74 Å². The molecule has 0 radical (unpaired) electrons. The van der Waals surface area contributed by atoms with Gasteiger partial charge in [-0.1, -0.05) is 60.7 Å². The maximum Gasteiger partial charge on any atom is 0.303 e. The third-order valence-electron chi connectivity index (χ3n) is 4.71. The second-order valence-corrected chi connectivity index (χ2v) is 6.32. The molecule has 23 heavy (non-hydrogen) atoms. The minimum absolute atomic E-state index is 0.119. The highest BCUT2D eigenvalue weighted by Gasteiger charge is 2.47. The molecule has 0 saturated carbocycles. The van der Waals surface area contributed by atoms with Gasteiger partial charge in [0.1, 0.15) is 5.60 Å². The summed E-state index contributed by atoms with van der Waals surface area (Å²) in [6.45, 7) is 3.28. The highest BCUT2D eigenvalue weighted by molar-refractivity contribution is 5.67. The third-order valence-corrected chi connectivity index (χ3v) is 4.71. The molecule has 3 nitrogen and oxygen atoms in total. The largest absolute Gasteiger partial charge is 0.454 e. The van der Waals surface area contributed by atoms with Gasteiger partial charge in [0, 0.05) is 32.4 Å². The van der Waals surface area contributed by atoms with Crippen molar-refractivity contribution in [1.82, 2.24) is 4.90 Å². The normalized spacial score (nSPS) is 25.0. The van der Waals surface area contributed by atoms with Crippen molar-refractivity contribution in [2.24, 2.45) is 0 Å². The number of carbonyl (C=O) groups is 1. The molecular weight excluding hydrogens is 286 g/mol. The maximum absolute atomic E-state index is 11.9. The predicted octanol–water partition coefficient (Wildman–Crippen LogP) is 3.56. The molecule has 3 rings (SSSR count). The zero-order chi connectivity index (χ0) is 16.3. The van der Waals surface area contributed by atoms with Crippen LogP contribution in [0.1, 0.15) is 30.4 Å². The first-order valence-corrected chi connectivity index (χ1v) is 8.10. The minimum atomic E-state index is -0.596. The Bertz CT molecular complexity index is 656. The predicted molar refractivity (Wildman–Crippen MR) is 91.2 cm³/mol. The van der Waals surface area contributed by atoms with Gasteiger partial charge in [0.2, 0.25) is 0 Å². The summed E-state index contributed by atoms with van der Waals surface area (Å²) in [7, 11) is 2.12. The van der Waals surface area contributed by atoms with Crippen LogP contribution < -0.4 is 0 Å². The molecule has 1 saturated heterocycles. The van der Waals surface area contributed by atoms with Gasteiger partial charge < -0.3 is 9.64 Å². The molecule has 1 aliphatic rings. The van der Waals surface area contributed by atoms with E-state index < -0.39 is 5.60 Å². The molecule has 2 atom stereocenters. The first kappa shape index (κ1) is 15.8. The zero-order valence-corrected chi connectivity index (χ0v) is 13.7. The summed E-state index contributed by atoms with van der Waals surface area (Å²) in [4.78, 5) is 14.2. The van der Waals surface area contributed by atoms with Crippen LogP contribution in [-0.4, -0.2) is 31.0 Å². The van der Waals surface area contributed by atoms with Crippen LogP contribution >= 0.6 is 0 Å². The Kier molecular flexibility index (Phi) is 4.49. The molecule has 0 bridgehead atoms. The molecule has 2 aromatic carbocycles. The van der Waals surface area contributed by atoms with Crippen molar-refractivity contribution in [2.75, 3.05) is 20.1 Å². The number of esters is 1. The lowest BCUT2D eigenvalue weighted by Crippen LogP contribution is -2.49. The SMILES string of the molecule is CC(=O)O[C@@]1(c2ccccc2)CCN(C)C[C@@H]1c1ccccc1. The molecule has 0 spiro atoms. The lowest BCUT2D eigenvalue weighted by molar-refractivity contribution is -0.167. The van der Waals surface area contributed by atoms with Gasteiger partial charge in [-0.2, -0.15) is 0 Å². The third kappa shape index (κ3) is 3.15. The molecule has 0 aromatic heterocycles. The Balaban J connectivity index is 2.12. The Morgan fingerprint density at radius 1 is 1.09 bits per heavy atom. The monoisotopic (exact) mass is 309 g/mol. The average molecular weight is 309 g/mol. The summed E-state index contributed by atoms with van der Waals surface area (Å²) < 4.78 is 6.01. The van der Waals surface area contributed by atoms with Gasteiger partial charge in [0.15, 0.2) is 0 Å². The van der Waals surface area contributed by atoms with Gasteiger partial charge in [0.25, 0.3) is 0 Å². The lowest BCUT2D eigenvalue weighted by atomic mass is 9.72. The van der Waals surface area contributed by atoms with Crippen LogP contribution in [0.25, 0.3) is 0 Å². The van der Waals surface area contributed by atoms with E-state index in [1.165, 1.54) is 12.5 Å². The number of benzene rings is 2. The Labute approximate surface area is 137 Å². The summed E-state index contributed by atoms with van der Waals surface area (Å²) in [6.07, 6.45) is 0.798. The number of piperidine rings is 1. The van der Waals surface area contributed by atoms with Crippen LogP contribution in [0.3, 0.4) is 0 Å². The molecule has 120 valence electrons. The van der Waals surface area contributed by atoms with Gasteiger partial charge in [-0.05, 0) is 18.2 Å². The van der Waals surface area contributed by atoms with Crippen molar-refractivity contribution < 1.29 is 9.53 Å². The lowest BCUT2D eigenvalue weighted by Gasteiger charge is -2.46. The second kappa shape index (κ2) is 6.55. The van der Waals surface area contributed by atoms with Crippen molar-refractivity contribution in [3.05, 3.63) is 71.8 Å². The maximum atomic E-state index is 11.9. The van der Waals surface area contributed by atoms with E-state index in [2.05, 4.69) is 36.2 Å². The highest BCUT2D eigenvalue weighted by atomic mass is 16.6. The van der Waals surface area contributed by atoms with Gasteiger partial charge in [-0.15, -0.1) is 0 Å². The average Bonchev–Trinajstić information content (AvgIpc) is 2.58. The quantitative estimate of drug-likeness (QED) is 0.812. The summed E-state index contributed by atoms with van der Waals surface area (Å²) in [5.41, 5.74) is 1.70.